The van der Waals surface area contributed by atoms with Gasteiger partial charge in [0.2, 0.25) is 0 Å². The molecule has 0 aromatic heterocycles. The monoisotopic (exact) mass is 524 g/mol. The molecule has 6 heteroatoms. The number of halogens is 1. The van der Waals surface area contributed by atoms with Crippen molar-refractivity contribution in [1.82, 2.24) is 15.1 Å². The number of aryl methyl sites for hydroxylation is 1. The summed E-state index contributed by atoms with van der Waals surface area (Å²) in [6.45, 7) is 17.7. The number of allylic oxidation sites excluding steroid dienone is 1. The predicted molar refractivity (Wildman–Crippen MR) is 120 cm³/mol. The van der Waals surface area contributed by atoms with Gasteiger partial charge < -0.3 is 0 Å². The molecule has 1 unspecified atom stereocenters. The zero-order valence-corrected chi connectivity index (χ0v) is 21.4. The van der Waals surface area contributed by atoms with E-state index in [0.29, 0.717) is 5.92 Å². The molecular formula is C24H37IN4O. The number of hydrogen-bond donors (Lipinski definition) is 3. The Morgan fingerprint density at radius 1 is 1.17 bits per heavy atom. The fourth-order valence-corrected chi connectivity index (χ4v) is 6.41. The quantitative estimate of drug-likeness (QED) is 0.295. The molecule has 2 heterocycles. The Morgan fingerprint density at radius 3 is 2.53 bits per heavy atom. The first-order valence-electron chi connectivity index (χ1n) is 11.3. The summed E-state index contributed by atoms with van der Waals surface area (Å²) in [5, 5.41) is 7.53. The number of fused-ring (bicyclic) bond motifs is 2. The fourth-order valence-electron chi connectivity index (χ4n) is 5.70. The number of nitrogens with two attached hydrogens (primary N) is 1. The Kier molecular flexibility index (Phi) is 5.87. The summed E-state index contributed by atoms with van der Waals surface area (Å²) in [6, 6.07) is 4.64. The van der Waals surface area contributed by atoms with E-state index in [0.717, 1.165) is 36.4 Å². The number of nitrogens with one attached hydrogen (secondary N) is 2. The second-order valence-corrected chi connectivity index (χ2v) is 10.7. The summed E-state index contributed by atoms with van der Waals surface area (Å²) in [4.78, 5) is 0. The van der Waals surface area contributed by atoms with Crippen LogP contribution >= 0.6 is 0 Å². The van der Waals surface area contributed by atoms with Gasteiger partial charge in [0, 0.05) is 0 Å². The number of nitrogens with zero attached hydrogens (tertiary/aromatic N) is 1. The molecule has 0 saturated carbocycles. The normalized spacial score (nSPS) is 21.1. The van der Waals surface area contributed by atoms with Gasteiger partial charge in [-0.3, -0.25) is 0 Å². The van der Waals surface area contributed by atoms with Crippen molar-refractivity contribution in [3.8, 4) is 5.75 Å². The van der Waals surface area contributed by atoms with Crippen LogP contribution in [0.4, 0.5) is 5.69 Å². The topological polar surface area (TPSA) is 59.3 Å². The van der Waals surface area contributed by atoms with Gasteiger partial charge in [0.15, 0.2) is 0 Å². The Morgan fingerprint density at radius 2 is 1.90 bits per heavy atom. The summed E-state index contributed by atoms with van der Waals surface area (Å²) >= 11 is -0.828. The van der Waals surface area contributed by atoms with E-state index >= 15 is 0 Å². The molecule has 0 amide bonds. The molecule has 4 N–H and O–H groups in total. The molecule has 0 radical (unpaired) electrons. The third kappa shape index (κ3) is 3.26. The summed E-state index contributed by atoms with van der Waals surface area (Å²) in [5.41, 5.74) is 9.72. The van der Waals surface area contributed by atoms with Gasteiger partial charge in [-0.25, -0.2) is 0 Å². The number of likely N-dealkylation sites (N-methyl/N-ethyl adjacent to an activating group) is 1. The Bertz CT molecular complexity index is 909. The van der Waals surface area contributed by atoms with Crippen molar-refractivity contribution in [2.75, 3.05) is 26.2 Å². The van der Waals surface area contributed by atoms with E-state index in [4.69, 9.17) is 7.01 Å². The van der Waals surface area contributed by atoms with Crippen molar-refractivity contribution >= 4 is 5.69 Å². The van der Waals surface area contributed by atoms with Gasteiger partial charge >= 0.3 is 193 Å². The molecule has 1 atom stereocenters. The zero-order valence-electron chi connectivity index (χ0n) is 19.3. The van der Waals surface area contributed by atoms with Gasteiger partial charge in [0.05, 0.1) is 0 Å². The van der Waals surface area contributed by atoms with Gasteiger partial charge in [0.25, 0.3) is 0 Å². The van der Waals surface area contributed by atoms with Crippen LogP contribution in [-0.4, -0.2) is 26.2 Å². The Labute approximate surface area is 192 Å². The van der Waals surface area contributed by atoms with Crippen molar-refractivity contribution in [2.24, 2.45) is 9.86 Å². The standard InChI is InChI=1S/C24H37IN4O/c1-7-29(8-2,22-20-16(9-11-27-20)17-10-12-28-21(17)22)19-14-15(3)13-18(24(4,5)6)23(19)30-25-26/h13-14,16,27-28H,7-12,26H2,1-6H3. The molecule has 1 saturated heterocycles. The number of hydrogen-bond acceptors (Lipinski definition) is 4. The summed E-state index contributed by atoms with van der Waals surface area (Å²) < 4.78 is 13.2. The van der Waals surface area contributed by atoms with Crippen molar-refractivity contribution in [2.45, 2.75) is 59.8 Å². The molecule has 0 bridgehead atoms. The van der Waals surface area contributed by atoms with Gasteiger partial charge in [-0.05, 0) is 0 Å². The molecule has 5 nitrogen and oxygen atoms in total. The van der Waals surface area contributed by atoms with Crippen LogP contribution in [0.1, 0.15) is 58.6 Å². The van der Waals surface area contributed by atoms with Crippen LogP contribution in [0, 0.1) is 12.8 Å². The van der Waals surface area contributed by atoms with E-state index in [1.54, 1.807) is 5.57 Å². The van der Waals surface area contributed by atoms with Crippen LogP contribution in [-0.2, 0) is 5.41 Å². The van der Waals surface area contributed by atoms with Gasteiger partial charge in [-0.1, -0.05) is 0 Å². The molecule has 3 aliphatic rings. The predicted octanol–water partition coefficient (Wildman–Crippen LogP) is 0.978. The maximum atomic E-state index is 6.33. The van der Waals surface area contributed by atoms with E-state index in [1.807, 2.05) is 0 Å². The average Bonchev–Trinajstić information content (AvgIpc) is 3.39. The first kappa shape index (κ1) is 22.0. The van der Waals surface area contributed by atoms with Gasteiger partial charge in [-0.15, -0.1) is 0 Å². The minimum atomic E-state index is -0.828. The number of quaternary nitrogens is 1. The Hall–Kier alpha value is -1.25. The molecule has 0 spiro atoms. The van der Waals surface area contributed by atoms with E-state index in [9.17, 15) is 0 Å². The molecule has 30 heavy (non-hydrogen) atoms. The number of benzene rings is 1. The number of rotatable bonds is 6. The van der Waals surface area contributed by atoms with Crippen molar-refractivity contribution in [3.63, 3.8) is 0 Å². The minimum absolute atomic E-state index is 0.0101. The van der Waals surface area contributed by atoms with Gasteiger partial charge in [-0.2, -0.15) is 0 Å². The van der Waals surface area contributed by atoms with Crippen LogP contribution in [0.25, 0.3) is 0 Å². The van der Waals surface area contributed by atoms with Crippen LogP contribution < -0.4 is 44.0 Å². The second-order valence-electron chi connectivity index (χ2n) is 9.78. The summed E-state index contributed by atoms with van der Waals surface area (Å²) in [5.74, 6) is 1.58. The second kappa shape index (κ2) is 8.02. The third-order valence-corrected chi connectivity index (χ3v) is 7.83. The molecule has 1 aliphatic carbocycles. The van der Waals surface area contributed by atoms with Gasteiger partial charge in [0.1, 0.15) is 0 Å². The van der Waals surface area contributed by atoms with E-state index < -0.39 is 21.9 Å². The zero-order chi connectivity index (χ0) is 21.7. The molecule has 1 aromatic rings. The molecule has 166 valence electrons. The fraction of sp³-hybridized carbons (Fsp3) is 0.583. The average molecular weight is 524 g/mol. The first-order chi connectivity index (χ1) is 14.3. The molecular weight excluding hydrogens is 487 g/mol. The van der Waals surface area contributed by atoms with Crippen LogP contribution in [0.5, 0.6) is 5.75 Å². The first-order valence-corrected chi connectivity index (χ1v) is 13.4. The SMILES string of the molecule is CC[N+](CC)(C1=C2NCCC2C2=C1NCC2)c1cc(C)cc(C(C)(C)C)c1O[I-]N. The summed E-state index contributed by atoms with van der Waals surface area (Å²) in [6.07, 6.45) is 2.38. The molecule has 1 fully saturated rings. The van der Waals surface area contributed by atoms with Crippen LogP contribution in [0.15, 0.2) is 34.8 Å². The van der Waals surface area contributed by atoms with Crippen LogP contribution in [0.2, 0.25) is 0 Å². The van der Waals surface area contributed by atoms with Crippen molar-refractivity contribution in [3.05, 3.63) is 45.9 Å². The van der Waals surface area contributed by atoms with Crippen molar-refractivity contribution < 1.29 is 25.0 Å². The van der Waals surface area contributed by atoms with Crippen molar-refractivity contribution in [1.29, 1.82) is 0 Å². The van der Waals surface area contributed by atoms with E-state index in [-0.39, 0.29) is 5.41 Å². The maximum absolute atomic E-state index is 6.33. The summed E-state index contributed by atoms with van der Waals surface area (Å²) in [7, 11) is 0. The van der Waals surface area contributed by atoms with E-state index in [2.05, 4.69) is 64.3 Å². The molecule has 4 rings (SSSR count). The molecule has 1 aromatic carbocycles. The third-order valence-electron chi connectivity index (χ3n) is 7.14. The Balaban J connectivity index is 2.01. The molecule has 2 aliphatic heterocycles. The van der Waals surface area contributed by atoms with Crippen LogP contribution in [0.3, 0.4) is 0 Å². The van der Waals surface area contributed by atoms with E-state index in [1.165, 1.54) is 46.7 Å².